The molecular weight excluding hydrogens is 328 g/mol. The summed E-state index contributed by atoms with van der Waals surface area (Å²) in [4.78, 5) is 50.6. The molecule has 0 saturated heterocycles. The van der Waals surface area contributed by atoms with Crippen LogP contribution < -0.4 is 0 Å². The van der Waals surface area contributed by atoms with Crippen molar-refractivity contribution in [2.75, 3.05) is 0 Å². The average molecular weight is 350 g/mol. The van der Waals surface area contributed by atoms with Gasteiger partial charge >= 0.3 is 29.8 Å². The summed E-state index contributed by atoms with van der Waals surface area (Å²) >= 11 is 0. The molecule has 0 aliphatic heterocycles. The number of carboxylic acid groups (broad SMARTS) is 5. The highest BCUT2D eigenvalue weighted by atomic mass is 16.4. The van der Waals surface area contributed by atoms with Gasteiger partial charge < -0.3 is 25.5 Å². The molecule has 0 spiro atoms. The van der Waals surface area contributed by atoms with Gasteiger partial charge in [-0.15, -0.1) is 0 Å². The van der Waals surface area contributed by atoms with Crippen LogP contribution in [-0.4, -0.2) is 55.4 Å². The second-order valence-electron chi connectivity index (χ2n) is 4.99. The summed E-state index contributed by atoms with van der Waals surface area (Å²) in [5.74, 6) is -5.62. The number of rotatable bonds is 12. The Balaban J connectivity index is 0. The van der Waals surface area contributed by atoms with E-state index in [1.54, 1.807) is 0 Å². The number of carbonyl (C=O) groups is 5. The zero-order valence-electron chi connectivity index (χ0n) is 13.0. The van der Waals surface area contributed by atoms with E-state index in [2.05, 4.69) is 0 Å². The van der Waals surface area contributed by atoms with Crippen LogP contribution in [0.1, 0.15) is 51.4 Å². The third kappa shape index (κ3) is 21.6. The lowest BCUT2D eigenvalue weighted by atomic mass is 9.96. The summed E-state index contributed by atoms with van der Waals surface area (Å²) in [6.07, 6.45) is 0.280. The summed E-state index contributed by atoms with van der Waals surface area (Å²) in [7, 11) is 0. The summed E-state index contributed by atoms with van der Waals surface area (Å²) in [5, 5.41) is 41.4. The predicted molar refractivity (Wildman–Crippen MR) is 78.6 cm³/mol. The van der Waals surface area contributed by atoms with Gasteiger partial charge in [0.2, 0.25) is 0 Å². The van der Waals surface area contributed by atoms with Crippen molar-refractivity contribution in [1.82, 2.24) is 0 Å². The number of hydrogen-bond acceptors (Lipinski definition) is 5. The minimum Gasteiger partial charge on any atom is -0.481 e. The van der Waals surface area contributed by atoms with E-state index >= 15 is 0 Å². The lowest BCUT2D eigenvalue weighted by Gasteiger charge is -2.09. The molecule has 0 bridgehead atoms. The van der Waals surface area contributed by atoms with Gasteiger partial charge in [-0.2, -0.15) is 0 Å². The van der Waals surface area contributed by atoms with Crippen LogP contribution in [0.3, 0.4) is 0 Å². The van der Waals surface area contributed by atoms with Crippen molar-refractivity contribution in [2.45, 2.75) is 51.4 Å². The molecule has 5 N–H and O–H groups in total. The van der Waals surface area contributed by atoms with E-state index in [1.807, 2.05) is 0 Å². The first-order valence-corrected chi connectivity index (χ1v) is 7.13. The highest BCUT2D eigenvalue weighted by Crippen LogP contribution is 2.15. The Hall–Kier alpha value is -2.65. The molecule has 0 radical (unpaired) electrons. The van der Waals surface area contributed by atoms with Gasteiger partial charge in [-0.3, -0.25) is 24.0 Å². The molecule has 10 heteroatoms. The Morgan fingerprint density at radius 2 is 0.875 bits per heavy atom. The van der Waals surface area contributed by atoms with Gasteiger partial charge in [-0.1, -0.05) is 0 Å². The van der Waals surface area contributed by atoms with Crippen molar-refractivity contribution in [3.63, 3.8) is 0 Å². The SMILES string of the molecule is O=C(O)CCC(CC(=O)O)CC(=O)O.O=C(O)CCCCC(=O)O. The van der Waals surface area contributed by atoms with Crippen molar-refractivity contribution < 1.29 is 49.5 Å². The third-order valence-electron chi connectivity index (χ3n) is 2.72. The van der Waals surface area contributed by atoms with Crippen LogP contribution in [0, 0.1) is 5.92 Å². The van der Waals surface area contributed by atoms with Gasteiger partial charge in [0.15, 0.2) is 0 Å². The van der Waals surface area contributed by atoms with Gasteiger partial charge in [0.1, 0.15) is 0 Å². The largest absolute Gasteiger partial charge is 0.481 e. The third-order valence-corrected chi connectivity index (χ3v) is 2.72. The maximum atomic E-state index is 10.3. The zero-order chi connectivity index (χ0) is 19.1. The fourth-order valence-corrected chi connectivity index (χ4v) is 1.65. The van der Waals surface area contributed by atoms with Crippen molar-refractivity contribution in [1.29, 1.82) is 0 Å². The summed E-state index contributed by atoms with van der Waals surface area (Å²) in [6, 6.07) is 0. The lowest BCUT2D eigenvalue weighted by molar-refractivity contribution is -0.143. The highest BCUT2D eigenvalue weighted by molar-refractivity contribution is 5.71. The highest BCUT2D eigenvalue weighted by Gasteiger charge is 2.17. The quantitative estimate of drug-likeness (QED) is 0.319. The molecule has 0 saturated carbocycles. The first kappa shape index (κ1) is 23.6. The van der Waals surface area contributed by atoms with E-state index < -0.39 is 35.8 Å². The monoisotopic (exact) mass is 350 g/mol. The molecule has 0 aromatic carbocycles. The van der Waals surface area contributed by atoms with E-state index in [0.717, 1.165) is 0 Å². The predicted octanol–water partition coefficient (Wildman–Crippen LogP) is 1.13. The van der Waals surface area contributed by atoms with Crippen LogP contribution in [0.2, 0.25) is 0 Å². The van der Waals surface area contributed by atoms with Crippen molar-refractivity contribution in [3.05, 3.63) is 0 Å². The van der Waals surface area contributed by atoms with Gasteiger partial charge in [-0.25, -0.2) is 0 Å². The molecule has 0 heterocycles. The minimum atomic E-state index is -1.11. The lowest BCUT2D eigenvalue weighted by Crippen LogP contribution is -2.14. The Morgan fingerprint density at radius 1 is 0.542 bits per heavy atom. The molecule has 0 rings (SSSR count). The van der Waals surface area contributed by atoms with E-state index in [4.69, 9.17) is 25.5 Å². The number of hydrogen-bond donors (Lipinski definition) is 5. The molecule has 0 amide bonds. The van der Waals surface area contributed by atoms with Crippen molar-refractivity contribution >= 4 is 29.8 Å². The maximum absolute atomic E-state index is 10.3. The number of unbranched alkanes of at least 4 members (excludes halogenated alkanes) is 1. The standard InChI is InChI=1S/C8H12O6.C6H10O4/c9-6(10)2-1-5(3-7(11)12)4-8(13)14;7-5(8)3-1-2-4-6(9)10/h5H,1-4H2,(H,9,10)(H,11,12)(H,13,14);1-4H2,(H,7,8)(H,9,10). The van der Waals surface area contributed by atoms with Gasteiger partial charge in [-0.05, 0) is 25.2 Å². The van der Waals surface area contributed by atoms with E-state index in [0.29, 0.717) is 12.8 Å². The van der Waals surface area contributed by atoms with E-state index in [9.17, 15) is 24.0 Å². The van der Waals surface area contributed by atoms with Crippen LogP contribution in [0.25, 0.3) is 0 Å². The first-order valence-electron chi connectivity index (χ1n) is 7.13. The molecular formula is C14H22O10. The fourth-order valence-electron chi connectivity index (χ4n) is 1.65. The molecule has 0 atom stereocenters. The van der Waals surface area contributed by atoms with Crippen LogP contribution in [0.15, 0.2) is 0 Å². The molecule has 0 aromatic rings. The van der Waals surface area contributed by atoms with Gasteiger partial charge in [0, 0.05) is 32.1 Å². The molecule has 24 heavy (non-hydrogen) atoms. The molecule has 10 nitrogen and oxygen atoms in total. The number of carboxylic acids is 5. The van der Waals surface area contributed by atoms with Crippen LogP contribution in [0.4, 0.5) is 0 Å². The summed E-state index contributed by atoms with van der Waals surface area (Å²) in [5.41, 5.74) is 0. The van der Waals surface area contributed by atoms with Crippen molar-refractivity contribution in [3.8, 4) is 0 Å². The average Bonchev–Trinajstić information content (AvgIpc) is 2.40. The van der Waals surface area contributed by atoms with Crippen LogP contribution >= 0.6 is 0 Å². The molecule has 0 unspecified atom stereocenters. The summed E-state index contributed by atoms with van der Waals surface area (Å²) in [6.45, 7) is 0. The smallest absolute Gasteiger partial charge is 0.303 e. The Bertz CT molecular complexity index is 411. The molecule has 0 fully saturated rings. The van der Waals surface area contributed by atoms with E-state index in [-0.39, 0.29) is 38.5 Å². The van der Waals surface area contributed by atoms with E-state index in [1.165, 1.54) is 0 Å². The fraction of sp³-hybridized carbons (Fsp3) is 0.643. The first-order chi connectivity index (χ1) is 11.0. The zero-order valence-corrected chi connectivity index (χ0v) is 13.0. The summed E-state index contributed by atoms with van der Waals surface area (Å²) < 4.78 is 0. The Morgan fingerprint density at radius 3 is 1.12 bits per heavy atom. The van der Waals surface area contributed by atoms with Gasteiger partial charge in [0.05, 0.1) is 0 Å². The molecule has 138 valence electrons. The molecule has 0 aliphatic rings. The van der Waals surface area contributed by atoms with Crippen molar-refractivity contribution in [2.24, 2.45) is 5.92 Å². The normalized spacial score (nSPS) is 9.71. The molecule has 0 aromatic heterocycles. The Labute approximate surface area is 137 Å². The second-order valence-corrected chi connectivity index (χ2v) is 4.99. The maximum Gasteiger partial charge on any atom is 0.303 e. The van der Waals surface area contributed by atoms with Crippen LogP contribution in [0.5, 0.6) is 0 Å². The van der Waals surface area contributed by atoms with Gasteiger partial charge in [0.25, 0.3) is 0 Å². The van der Waals surface area contributed by atoms with Crippen LogP contribution in [-0.2, 0) is 24.0 Å². The number of aliphatic carboxylic acids is 5. The second kappa shape index (κ2) is 14.0. The topological polar surface area (TPSA) is 186 Å². The Kier molecular flexibility index (Phi) is 13.8. The minimum absolute atomic E-state index is 0.0628. The molecule has 0 aliphatic carbocycles.